The summed E-state index contributed by atoms with van der Waals surface area (Å²) in [6.45, 7) is 9.21. The van der Waals surface area contributed by atoms with Gasteiger partial charge in [-0.3, -0.25) is 4.90 Å². The summed E-state index contributed by atoms with van der Waals surface area (Å²) in [5.74, 6) is 0. The van der Waals surface area contributed by atoms with Crippen molar-refractivity contribution in [1.29, 1.82) is 0 Å². The Balaban J connectivity index is 2.19. The molecule has 16 heavy (non-hydrogen) atoms. The first-order chi connectivity index (χ1) is 7.54. The first kappa shape index (κ1) is 13.6. The number of rotatable bonds is 6. The number of piperazine rings is 1. The van der Waals surface area contributed by atoms with Gasteiger partial charge in [0.15, 0.2) is 0 Å². The maximum atomic E-state index is 11.3. The summed E-state index contributed by atoms with van der Waals surface area (Å²) in [7, 11) is -3.00. The molecule has 0 aromatic heterocycles. The largest absolute Gasteiger partial charge is 0.312 e. The average Bonchev–Trinajstić information content (AvgIpc) is 2.24. The summed E-state index contributed by atoms with van der Waals surface area (Å²) in [5.41, 5.74) is 0. The van der Waals surface area contributed by atoms with Gasteiger partial charge in [-0.05, 0) is 0 Å². The van der Waals surface area contributed by atoms with Crippen molar-refractivity contribution in [3.05, 3.63) is 12.7 Å². The van der Waals surface area contributed by atoms with Crippen molar-refractivity contribution in [3.8, 4) is 0 Å². The topological polar surface area (TPSA) is 52.6 Å². The maximum Gasteiger partial charge on any atom is 0.211 e. The molecule has 0 aliphatic carbocycles. The summed E-state index contributed by atoms with van der Waals surface area (Å²) in [5, 5.41) is 3.23. The maximum absolute atomic E-state index is 11.3. The fourth-order valence-corrected chi connectivity index (χ4v) is 2.55. The van der Waals surface area contributed by atoms with Crippen LogP contribution < -0.4 is 5.32 Å². The van der Waals surface area contributed by atoms with Crippen molar-refractivity contribution in [2.24, 2.45) is 0 Å². The first-order valence-electron chi connectivity index (χ1n) is 5.53. The molecule has 0 radical (unpaired) electrons. The van der Waals surface area contributed by atoms with E-state index in [4.69, 9.17) is 0 Å². The quantitative estimate of drug-likeness (QED) is 0.500. The van der Waals surface area contributed by atoms with Crippen LogP contribution in [0.5, 0.6) is 0 Å². The van der Waals surface area contributed by atoms with Crippen LogP contribution in [-0.2, 0) is 10.0 Å². The van der Waals surface area contributed by atoms with Gasteiger partial charge in [-0.15, -0.1) is 6.58 Å². The summed E-state index contributed by atoms with van der Waals surface area (Å²) in [4.78, 5) is 2.28. The van der Waals surface area contributed by atoms with Crippen molar-refractivity contribution < 1.29 is 8.42 Å². The molecule has 1 heterocycles. The third kappa shape index (κ3) is 4.61. The molecular weight excluding hydrogens is 226 g/mol. The van der Waals surface area contributed by atoms with Gasteiger partial charge >= 0.3 is 0 Å². The molecule has 0 aromatic rings. The molecule has 0 unspecified atom stereocenters. The summed E-state index contributed by atoms with van der Waals surface area (Å²) < 4.78 is 24.1. The van der Waals surface area contributed by atoms with Crippen LogP contribution in [0.4, 0.5) is 0 Å². The minimum Gasteiger partial charge on any atom is -0.312 e. The van der Waals surface area contributed by atoms with Gasteiger partial charge in [0.05, 0.1) is 6.26 Å². The number of hydrogen-bond acceptors (Lipinski definition) is 4. The van der Waals surface area contributed by atoms with Gasteiger partial charge in [0.1, 0.15) is 0 Å². The van der Waals surface area contributed by atoms with Crippen molar-refractivity contribution in [3.63, 3.8) is 0 Å². The lowest BCUT2D eigenvalue weighted by atomic mass is 10.3. The molecule has 5 nitrogen and oxygen atoms in total. The zero-order valence-electron chi connectivity index (χ0n) is 9.85. The van der Waals surface area contributed by atoms with E-state index in [0.29, 0.717) is 13.1 Å². The van der Waals surface area contributed by atoms with Crippen molar-refractivity contribution in [1.82, 2.24) is 14.5 Å². The van der Waals surface area contributed by atoms with E-state index in [1.165, 1.54) is 6.26 Å². The van der Waals surface area contributed by atoms with Gasteiger partial charge in [0.25, 0.3) is 0 Å². The lowest BCUT2D eigenvalue weighted by Gasteiger charge is -2.33. The lowest BCUT2D eigenvalue weighted by molar-refractivity contribution is 0.190. The number of nitrogens with one attached hydrogen (secondary N) is 1. The second-order valence-electron chi connectivity index (χ2n) is 4.00. The van der Waals surface area contributed by atoms with Gasteiger partial charge < -0.3 is 5.32 Å². The third-order valence-corrected chi connectivity index (χ3v) is 4.00. The molecule has 6 heteroatoms. The van der Waals surface area contributed by atoms with Gasteiger partial charge in [-0.25, -0.2) is 8.42 Å². The zero-order valence-corrected chi connectivity index (χ0v) is 10.7. The molecule has 0 bridgehead atoms. The molecule has 0 spiro atoms. The van der Waals surface area contributed by atoms with Crippen LogP contribution >= 0.6 is 0 Å². The molecule has 94 valence electrons. The predicted molar refractivity (Wildman–Crippen MR) is 65.9 cm³/mol. The van der Waals surface area contributed by atoms with E-state index in [9.17, 15) is 8.42 Å². The van der Waals surface area contributed by atoms with Crippen LogP contribution in [0, 0.1) is 0 Å². The monoisotopic (exact) mass is 247 g/mol. The Hall–Kier alpha value is -0.430. The van der Waals surface area contributed by atoms with Crippen LogP contribution in [0.25, 0.3) is 0 Å². The van der Waals surface area contributed by atoms with E-state index in [2.05, 4.69) is 16.8 Å². The number of sulfonamides is 1. The van der Waals surface area contributed by atoms with E-state index < -0.39 is 10.0 Å². The molecule has 1 aliphatic heterocycles. The van der Waals surface area contributed by atoms with Gasteiger partial charge in [-0.2, -0.15) is 4.31 Å². The summed E-state index contributed by atoms with van der Waals surface area (Å²) >= 11 is 0. The fraction of sp³-hybridized carbons (Fsp3) is 0.800. The van der Waals surface area contributed by atoms with Crippen LogP contribution in [-0.4, -0.2) is 69.7 Å². The fourth-order valence-electron chi connectivity index (χ4n) is 1.73. The van der Waals surface area contributed by atoms with Gasteiger partial charge in [0.2, 0.25) is 10.0 Å². The SMILES string of the molecule is C=CCNCCN1CCN(S(C)(=O)=O)CC1. The molecule has 1 saturated heterocycles. The van der Waals surface area contributed by atoms with Crippen molar-refractivity contribution >= 4 is 10.0 Å². The molecule has 1 rings (SSSR count). The summed E-state index contributed by atoms with van der Waals surface area (Å²) in [6.07, 6.45) is 3.11. The smallest absolute Gasteiger partial charge is 0.211 e. The Morgan fingerprint density at radius 1 is 1.31 bits per heavy atom. The van der Waals surface area contributed by atoms with Crippen LogP contribution in [0.1, 0.15) is 0 Å². The summed E-state index contributed by atoms with van der Waals surface area (Å²) in [6, 6.07) is 0. The van der Waals surface area contributed by atoms with E-state index in [-0.39, 0.29) is 0 Å². The van der Waals surface area contributed by atoms with E-state index in [1.807, 2.05) is 6.08 Å². The van der Waals surface area contributed by atoms with E-state index >= 15 is 0 Å². The standard InChI is InChI=1S/C10H21N3O2S/c1-3-4-11-5-6-12-7-9-13(10-8-12)16(2,14)15/h3,11H,1,4-10H2,2H3. The first-order valence-corrected chi connectivity index (χ1v) is 7.38. The molecule has 0 amide bonds. The van der Waals surface area contributed by atoms with Crippen LogP contribution in [0.2, 0.25) is 0 Å². The Morgan fingerprint density at radius 2 is 1.94 bits per heavy atom. The number of nitrogens with zero attached hydrogens (tertiary/aromatic N) is 2. The molecule has 0 atom stereocenters. The second-order valence-corrected chi connectivity index (χ2v) is 5.98. The lowest BCUT2D eigenvalue weighted by Crippen LogP contribution is -2.49. The predicted octanol–water partition coefficient (Wildman–Crippen LogP) is -0.661. The Kier molecular flexibility index (Phi) is 5.40. The normalized spacial score (nSPS) is 19.8. The Morgan fingerprint density at radius 3 is 2.44 bits per heavy atom. The average molecular weight is 247 g/mol. The van der Waals surface area contributed by atoms with Crippen molar-refractivity contribution in [2.75, 3.05) is 52.1 Å². The molecule has 1 N–H and O–H groups in total. The van der Waals surface area contributed by atoms with E-state index in [0.717, 1.165) is 32.7 Å². The van der Waals surface area contributed by atoms with Crippen LogP contribution in [0.3, 0.4) is 0 Å². The van der Waals surface area contributed by atoms with Crippen LogP contribution in [0.15, 0.2) is 12.7 Å². The highest BCUT2D eigenvalue weighted by atomic mass is 32.2. The highest BCUT2D eigenvalue weighted by molar-refractivity contribution is 7.88. The molecule has 1 fully saturated rings. The second kappa shape index (κ2) is 6.34. The highest BCUT2D eigenvalue weighted by Gasteiger charge is 2.22. The molecule has 0 saturated carbocycles. The van der Waals surface area contributed by atoms with Gasteiger partial charge in [0, 0.05) is 45.8 Å². The Bertz CT molecular complexity index is 308. The van der Waals surface area contributed by atoms with Crippen molar-refractivity contribution in [2.45, 2.75) is 0 Å². The third-order valence-electron chi connectivity index (χ3n) is 2.69. The zero-order chi connectivity index (χ0) is 12.0. The molecular formula is C10H21N3O2S. The molecule has 1 aliphatic rings. The van der Waals surface area contributed by atoms with Gasteiger partial charge in [-0.1, -0.05) is 6.08 Å². The highest BCUT2D eigenvalue weighted by Crippen LogP contribution is 2.04. The minimum absolute atomic E-state index is 0.611. The Labute approximate surface area is 98.2 Å². The number of hydrogen-bond donors (Lipinski definition) is 1. The van der Waals surface area contributed by atoms with E-state index in [1.54, 1.807) is 4.31 Å². The minimum atomic E-state index is -3.00. The molecule has 0 aromatic carbocycles.